The smallest absolute Gasteiger partial charge is 0.213 e. The summed E-state index contributed by atoms with van der Waals surface area (Å²) in [5, 5.41) is 6.27. The first kappa shape index (κ1) is 19.8. The lowest BCUT2D eigenvalue weighted by atomic mass is 9.94. The number of ether oxygens (including phenoxy) is 1. The molecule has 0 aliphatic rings. The minimum atomic E-state index is -0.375. The first-order chi connectivity index (χ1) is 12.3. The molecule has 0 aliphatic heterocycles. The average molecular weight is 362 g/mol. The fourth-order valence-electron chi connectivity index (χ4n) is 2.16. The number of hydrogen-bond acceptors (Lipinski definition) is 4. The van der Waals surface area contributed by atoms with Gasteiger partial charge in [0.1, 0.15) is 11.9 Å². The van der Waals surface area contributed by atoms with Gasteiger partial charge in [0, 0.05) is 12.5 Å². The van der Waals surface area contributed by atoms with Crippen molar-refractivity contribution in [1.29, 1.82) is 0 Å². The largest absolute Gasteiger partial charge is 0.486 e. The minimum Gasteiger partial charge on any atom is -0.486 e. The average Bonchev–Trinajstić information content (AvgIpc) is 3.06. The fraction of sp³-hybridized carbons (Fsp3) is 0.474. The molecule has 0 radical (unpaired) electrons. The molecule has 0 aliphatic carbocycles. The van der Waals surface area contributed by atoms with Gasteiger partial charge in [-0.3, -0.25) is 4.99 Å². The summed E-state index contributed by atoms with van der Waals surface area (Å²) in [5.74, 6) is 1.88. The number of halogens is 1. The molecule has 2 rings (SSSR count). The van der Waals surface area contributed by atoms with Gasteiger partial charge in [0.15, 0.2) is 17.5 Å². The molecule has 1 aromatic carbocycles. The standard InChI is InChI=1S/C19H27FN4O2/c1-13(25-15-9-7-6-8-14(15)20)10-23-18(21-5)24-12-17-22-11-16(26-17)19(2,3)4/h6-9,11,13H,10,12H2,1-5H3,(H2,21,23,24). The van der Waals surface area contributed by atoms with Crippen LogP contribution in [0.2, 0.25) is 0 Å². The van der Waals surface area contributed by atoms with Gasteiger partial charge in [-0.1, -0.05) is 32.9 Å². The van der Waals surface area contributed by atoms with E-state index in [0.29, 0.717) is 24.9 Å². The molecule has 0 fully saturated rings. The zero-order valence-electron chi connectivity index (χ0n) is 16.0. The minimum absolute atomic E-state index is 0.0787. The van der Waals surface area contributed by atoms with Crippen molar-refractivity contribution >= 4 is 5.96 Å². The Kier molecular flexibility index (Phi) is 6.60. The predicted molar refractivity (Wildman–Crippen MR) is 99.9 cm³/mol. The molecule has 26 heavy (non-hydrogen) atoms. The van der Waals surface area contributed by atoms with Crippen LogP contribution in [0.25, 0.3) is 0 Å². The number of nitrogens with zero attached hydrogens (tertiary/aromatic N) is 2. The van der Waals surface area contributed by atoms with Gasteiger partial charge in [-0.05, 0) is 19.1 Å². The van der Waals surface area contributed by atoms with E-state index >= 15 is 0 Å². The summed E-state index contributed by atoms with van der Waals surface area (Å²) in [6.45, 7) is 8.95. The second kappa shape index (κ2) is 8.69. The van der Waals surface area contributed by atoms with Crippen LogP contribution in [0.15, 0.2) is 39.9 Å². The third kappa shape index (κ3) is 5.75. The Labute approximate surface area is 153 Å². The van der Waals surface area contributed by atoms with Crippen molar-refractivity contribution in [2.24, 2.45) is 4.99 Å². The van der Waals surface area contributed by atoms with Crippen molar-refractivity contribution < 1.29 is 13.5 Å². The number of nitrogens with one attached hydrogen (secondary N) is 2. The molecule has 0 bridgehead atoms. The Bertz CT molecular complexity index is 737. The summed E-state index contributed by atoms with van der Waals surface area (Å²) in [6.07, 6.45) is 1.51. The van der Waals surface area contributed by atoms with Crippen LogP contribution in [0, 0.1) is 5.82 Å². The molecule has 0 saturated heterocycles. The number of guanidine groups is 1. The van der Waals surface area contributed by atoms with Gasteiger partial charge in [0.2, 0.25) is 5.89 Å². The molecule has 142 valence electrons. The van der Waals surface area contributed by atoms with Crippen molar-refractivity contribution in [3.05, 3.63) is 47.9 Å². The molecule has 6 nitrogen and oxygen atoms in total. The lowest BCUT2D eigenvalue weighted by Gasteiger charge is -2.17. The molecule has 0 amide bonds. The molecular weight excluding hydrogens is 335 g/mol. The maximum absolute atomic E-state index is 13.6. The number of para-hydroxylation sites is 1. The highest BCUT2D eigenvalue weighted by Gasteiger charge is 2.19. The maximum atomic E-state index is 13.6. The summed E-state index contributed by atoms with van der Waals surface area (Å²) in [4.78, 5) is 8.42. The van der Waals surface area contributed by atoms with Gasteiger partial charge in [0.25, 0.3) is 0 Å². The molecule has 1 aromatic heterocycles. The van der Waals surface area contributed by atoms with Gasteiger partial charge < -0.3 is 19.8 Å². The van der Waals surface area contributed by atoms with Gasteiger partial charge in [-0.15, -0.1) is 0 Å². The number of benzene rings is 1. The predicted octanol–water partition coefficient (Wildman–Crippen LogP) is 3.24. The van der Waals surface area contributed by atoms with Crippen LogP contribution in [-0.4, -0.2) is 30.6 Å². The van der Waals surface area contributed by atoms with Gasteiger partial charge in [-0.2, -0.15) is 0 Å². The highest BCUT2D eigenvalue weighted by atomic mass is 19.1. The third-order valence-electron chi connectivity index (χ3n) is 3.65. The normalized spacial score (nSPS) is 13.4. The van der Waals surface area contributed by atoms with Crippen molar-refractivity contribution in [1.82, 2.24) is 15.6 Å². The SMILES string of the molecule is CN=C(NCc1ncc(C(C)(C)C)o1)NCC(C)Oc1ccccc1F. The zero-order chi connectivity index (χ0) is 19.2. The van der Waals surface area contributed by atoms with Crippen molar-refractivity contribution in [2.45, 2.75) is 45.8 Å². The van der Waals surface area contributed by atoms with Crippen LogP contribution < -0.4 is 15.4 Å². The highest BCUT2D eigenvalue weighted by molar-refractivity contribution is 5.79. The number of hydrogen-bond donors (Lipinski definition) is 2. The van der Waals surface area contributed by atoms with E-state index in [0.717, 1.165) is 5.76 Å². The van der Waals surface area contributed by atoms with Crippen LogP contribution in [0.4, 0.5) is 4.39 Å². The molecule has 1 unspecified atom stereocenters. The first-order valence-corrected chi connectivity index (χ1v) is 8.60. The molecule has 2 aromatic rings. The van der Waals surface area contributed by atoms with Crippen LogP contribution >= 0.6 is 0 Å². The number of rotatable bonds is 6. The molecule has 2 N–H and O–H groups in total. The summed E-state index contributed by atoms with van der Waals surface area (Å²) in [6, 6.07) is 6.35. The number of aliphatic imine (C=N–C) groups is 1. The van der Waals surface area contributed by atoms with Gasteiger partial charge in [-0.25, -0.2) is 9.37 Å². The third-order valence-corrected chi connectivity index (χ3v) is 3.65. The van der Waals surface area contributed by atoms with Gasteiger partial charge >= 0.3 is 0 Å². The summed E-state index contributed by atoms with van der Waals surface area (Å²) < 4.78 is 24.9. The lowest BCUT2D eigenvalue weighted by Crippen LogP contribution is -2.41. The van der Waals surface area contributed by atoms with E-state index in [1.165, 1.54) is 6.07 Å². The molecular formula is C19H27FN4O2. The Balaban J connectivity index is 1.80. The Morgan fingerprint density at radius 2 is 2.04 bits per heavy atom. The van der Waals surface area contributed by atoms with Crippen molar-refractivity contribution in [2.75, 3.05) is 13.6 Å². The Morgan fingerprint density at radius 3 is 2.65 bits per heavy atom. The maximum Gasteiger partial charge on any atom is 0.213 e. The summed E-state index contributed by atoms with van der Waals surface area (Å²) in [5.41, 5.74) is -0.0787. The van der Waals surface area contributed by atoms with E-state index in [-0.39, 0.29) is 23.1 Å². The van der Waals surface area contributed by atoms with E-state index in [9.17, 15) is 4.39 Å². The fourth-order valence-corrected chi connectivity index (χ4v) is 2.16. The second-order valence-electron chi connectivity index (χ2n) is 7.03. The van der Waals surface area contributed by atoms with Gasteiger partial charge in [0.05, 0.1) is 19.3 Å². The zero-order valence-corrected chi connectivity index (χ0v) is 16.0. The first-order valence-electron chi connectivity index (χ1n) is 8.60. The molecule has 0 spiro atoms. The molecule has 1 heterocycles. The molecule has 7 heteroatoms. The van der Waals surface area contributed by atoms with Crippen LogP contribution in [-0.2, 0) is 12.0 Å². The Morgan fingerprint density at radius 1 is 1.31 bits per heavy atom. The van der Waals surface area contributed by atoms with E-state index in [1.54, 1.807) is 31.4 Å². The lowest BCUT2D eigenvalue weighted by molar-refractivity contribution is 0.214. The molecule has 0 saturated carbocycles. The van der Waals surface area contributed by atoms with Crippen LogP contribution in [0.3, 0.4) is 0 Å². The topological polar surface area (TPSA) is 71.7 Å². The van der Waals surface area contributed by atoms with E-state index in [1.807, 2.05) is 6.92 Å². The highest BCUT2D eigenvalue weighted by Crippen LogP contribution is 2.22. The quantitative estimate of drug-likeness (QED) is 0.610. The summed E-state index contributed by atoms with van der Waals surface area (Å²) in [7, 11) is 1.67. The van der Waals surface area contributed by atoms with E-state index < -0.39 is 0 Å². The van der Waals surface area contributed by atoms with Crippen LogP contribution in [0.1, 0.15) is 39.3 Å². The van der Waals surface area contributed by atoms with Crippen molar-refractivity contribution in [3.8, 4) is 5.75 Å². The number of oxazole rings is 1. The molecule has 1 atom stereocenters. The van der Waals surface area contributed by atoms with Crippen LogP contribution in [0.5, 0.6) is 5.75 Å². The van der Waals surface area contributed by atoms with E-state index in [2.05, 4.69) is 41.4 Å². The van der Waals surface area contributed by atoms with E-state index in [4.69, 9.17) is 9.15 Å². The summed E-state index contributed by atoms with van der Waals surface area (Å²) >= 11 is 0. The second-order valence-corrected chi connectivity index (χ2v) is 7.03. The Hall–Kier alpha value is -2.57. The van der Waals surface area contributed by atoms with Crippen molar-refractivity contribution in [3.63, 3.8) is 0 Å². The monoisotopic (exact) mass is 362 g/mol. The number of aromatic nitrogens is 1.